The van der Waals surface area contributed by atoms with Crippen LogP contribution in [0.15, 0.2) is 54.6 Å². The molecule has 1 spiro atoms. The number of fused-ring (bicyclic) bond motifs is 2. The number of nitrogens with zero attached hydrogens (tertiary/aromatic N) is 1. The van der Waals surface area contributed by atoms with Crippen molar-refractivity contribution in [1.82, 2.24) is 10.2 Å². The number of ketones is 1. The van der Waals surface area contributed by atoms with Crippen molar-refractivity contribution in [2.24, 2.45) is 0 Å². The highest BCUT2D eigenvalue weighted by Crippen LogP contribution is 2.39. The van der Waals surface area contributed by atoms with Gasteiger partial charge in [-0.2, -0.15) is 0 Å². The molecule has 0 bridgehead atoms. The van der Waals surface area contributed by atoms with Crippen molar-refractivity contribution in [3.05, 3.63) is 71.3 Å². The van der Waals surface area contributed by atoms with Crippen LogP contribution in [0.3, 0.4) is 0 Å². The predicted molar refractivity (Wildman–Crippen MR) is 92.1 cm³/mol. The summed E-state index contributed by atoms with van der Waals surface area (Å²) in [7, 11) is 0. The molecule has 1 aliphatic carbocycles. The van der Waals surface area contributed by atoms with Crippen molar-refractivity contribution >= 4 is 17.7 Å². The maximum absolute atomic E-state index is 13.1. The van der Waals surface area contributed by atoms with E-state index in [2.05, 4.69) is 5.32 Å². The number of carbonyl (C=O) groups is 3. The maximum Gasteiger partial charge on any atom is 0.325 e. The van der Waals surface area contributed by atoms with E-state index < -0.39 is 11.6 Å². The van der Waals surface area contributed by atoms with Gasteiger partial charge in [0.25, 0.3) is 5.91 Å². The van der Waals surface area contributed by atoms with E-state index in [4.69, 9.17) is 0 Å². The Morgan fingerprint density at radius 3 is 2.56 bits per heavy atom. The van der Waals surface area contributed by atoms with Crippen molar-refractivity contribution in [3.8, 4) is 0 Å². The number of rotatable bonds is 3. The van der Waals surface area contributed by atoms with E-state index in [1.807, 2.05) is 30.3 Å². The lowest BCUT2D eigenvalue weighted by atomic mass is 9.76. The first-order valence-electron chi connectivity index (χ1n) is 8.42. The smallest absolute Gasteiger partial charge is 0.319 e. The van der Waals surface area contributed by atoms with E-state index in [0.717, 1.165) is 28.9 Å². The molecule has 0 radical (unpaired) electrons. The van der Waals surface area contributed by atoms with Crippen LogP contribution >= 0.6 is 0 Å². The molecule has 0 unspecified atom stereocenters. The monoisotopic (exact) mass is 334 g/mol. The van der Waals surface area contributed by atoms with Crippen LogP contribution in [0.2, 0.25) is 0 Å². The van der Waals surface area contributed by atoms with E-state index in [9.17, 15) is 14.4 Å². The number of carbonyl (C=O) groups excluding carboxylic acids is 3. The Hall–Kier alpha value is -2.95. The zero-order valence-corrected chi connectivity index (χ0v) is 13.7. The Bertz CT molecular complexity index is 862. The summed E-state index contributed by atoms with van der Waals surface area (Å²) in [6.45, 7) is -0.238. The number of imide groups is 1. The zero-order valence-electron chi connectivity index (χ0n) is 13.7. The topological polar surface area (TPSA) is 66.5 Å². The van der Waals surface area contributed by atoms with Gasteiger partial charge in [0.15, 0.2) is 5.78 Å². The molecule has 1 atom stereocenters. The maximum atomic E-state index is 13.1. The fourth-order valence-corrected chi connectivity index (χ4v) is 3.81. The Kier molecular flexibility index (Phi) is 3.64. The Morgan fingerprint density at radius 2 is 1.76 bits per heavy atom. The zero-order chi connectivity index (χ0) is 17.4. The summed E-state index contributed by atoms with van der Waals surface area (Å²) in [5.41, 5.74) is 1.41. The largest absolute Gasteiger partial charge is 0.325 e. The number of Topliss-reactive ketones (excluding diaryl/α,β-unsaturated/α-hetero) is 1. The Morgan fingerprint density at radius 1 is 1.04 bits per heavy atom. The third kappa shape index (κ3) is 2.43. The van der Waals surface area contributed by atoms with E-state index in [0.29, 0.717) is 12.0 Å². The second-order valence-electron chi connectivity index (χ2n) is 6.53. The molecular formula is C20H18N2O3. The molecule has 1 aliphatic heterocycles. The molecule has 5 heteroatoms. The SMILES string of the molecule is O=C(CN1C(=O)N[C@@]2(CCCc3ccccc32)C1=O)c1ccccc1. The van der Waals surface area contributed by atoms with Gasteiger partial charge >= 0.3 is 6.03 Å². The molecule has 126 valence electrons. The molecule has 5 nitrogen and oxygen atoms in total. The highest BCUT2D eigenvalue weighted by Gasteiger charge is 2.54. The number of urea groups is 1. The fraction of sp³-hybridized carbons (Fsp3) is 0.250. The average molecular weight is 334 g/mol. The standard InChI is InChI=1S/C20H18N2O3/c23-17(15-8-2-1-3-9-15)13-22-18(24)20(21-19(22)25)12-6-10-14-7-4-5-11-16(14)20/h1-5,7-9,11H,6,10,12-13H2,(H,21,25)/t20-/m1/s1. The normalized spacial score (nSPS) is 22.0. The molecular weight excluding hydrogens is 316 g/mol. The van der Waals surface area contributed by atoms with Crippen LogP contribution in [0.25, 0.3) is 0 Å². The van der Waals surface area contributed by atoms with Gasteiger partial charge in [-0.1, -0.05) is 54.6 Å². The van der Waals surface area contributed by atoms with Crippen LogP contribution in [0, 0.1) is 0 Å². The van der Waals surface area contributed by atoms with Gasteiger partial charge < -0.3 is 5.32 Å². The summed E-state index contributed by atoms with van der Waals surface area (Å²) >= 11 is 0. The van der Waals surface area contributed by atoms with Crippen molar-refractivity contribution in [3.63, 3.8) is 0 Å². The molecule has 0 saturated carbocycles. The van der Waals surface area contributed by atoms with Crippen molar-refractivity contribution in [1.29, 1.82) is 0 Å². The Balaban J connectivity index is 1.65. The second-order valence-corrected chi connectivity index (χ2v) is 6.53. The fourth-order valence-electron chi connectivity index (χ4n) is 3.81. The first kappa shape index (κ1) is 15.6. The lowest BCUT2D eigenvalue weighted by Gasteiger charge is -2.33. The summed E-state index contributed by atoms with van der Waals surface area (Å²) in [4.78, 5) is 39.1. The number of aryl methyl sites for hydroxylation is 1. The molecule has 1 heterocycles. The van der Waals surface area contributed by atoms with Gasteiger partial charge in [0, 0.05) is 5.56 Å². The molecule has 0 aromatic heterocycles. The third-order valence-corrected chi connectivity index (χ3v) is 5.05. The number of hydrogen-bond acceptors (Lipinski definition) is 3. The summed E-state index contributed by atoms with van der Waals surface area (Å²) in [5.74, 6) is -0.570. The highest BCUT2D eigenvalue weighted by atomic mass is 16.2. The number of nitrogens with one attached hydrogen (secondary N) is 1. The van der Waals surface area contributed by atoms with Gasteiger partial charge in [-0.05, 0) is 30.4 Å². The summed E-state index contributed by atoms with van der Waals surface area (Å²) in [6, 6.07) is 15.9. The van der Waals surface area contributed by atoms with E-state index in [1.54, 1.807) is 24.3 Å². The number of amides is 3. The quantitative estimate of drug-likeness (QED) is 0.693. The van der Waals surface area contributed by atoms with Crippen LogP contribution in [0.5, 0.6) is 0 Å². The van der Waals surface area contributed by atoms with Crippen molar-refractivity contribution in [2.45, 2.75) is 24.8 Å². The minimum atomic E-state index is -1.02. The van der Waals surface area contributed by atoms with Crippen LogP contribution in [-0.2, 0) is 16.8 Å². The van der Waals surface area contributed by atoms with Gasteiger partial charge in [-0.25, -0.2) is 4.79 Å². The second kappa shape index (κ2) is 5.84. The van der Waals surface area contributed by atoms with Crippen LogP contribution < -0.4 is 5.32 Å². The average Bonchev–Trinajstić information content (AvgIpc) is 2.88. The lowest BCUT2D eigenvalue weighted by molar-refractivity contribution is -0.131. The van der Waals surface area contributed by atoms with Gasteiger partial charge in [-0.3, -0.25) is 14.5 Å². The first-order valence-corrected chi connectivity index (χ1v) is 8.42. The first-order chi connectivity index (χ1) is 12.1. The third-order valence-electron chi connectivity index (χ3n) is 5.05. The summed E-state index contributed by atoms with van der Waals surface area (Å²) < 4.78 is 0. The van der Waals surface area contributed by atoms with Gasteiger partial charge in [0.05, 0.1) is 6.54 Å². The molecule has 1 N–H and O–H groups in total. The van der Waals surface area contributed by atoms with Crippen LogP contribution in [0.1, 0.15) is 34.3 Å². The Labute approximate surface area is 145 Å². The molecule has 4 rings (SSSR count). The molecule has 2 aromatic carbocycles. The molecule has 25 heavy (non-hydrogen) atoms. The lowest BCUT2D eigenvalue weighted by Crippen LogP contribution is -2.46. The van der Waals surface area contributed by atoms with Crippen molar-refractivity contribution in [2.75, 3.05) is 6.54 Å². The molecule has 1 fully saturated rings. The number of benzene rings is 2. The van der Waals surface area contributed by atoms with Gasteiger partial charge in [-0.15, -0.1) is 0 Å². The van der Waals surface area contributed by atoms with Crippen LogP contribution in [-0.4, -0.2) is 29.2 Å². The molecule has 2 aromatic rings. The van der Waals surface area contributed by atoms with Crippen molar-refractivity contribution < 1.29 is 14.4 Å². The molecule has 2 aliphatic rings. The highest BCUT2D eigenvalue weighted by molar-refractivity contribution is 6.11. The van der Waals surface area contributed by atoms with Crippen LogP contribution in [0.4, 0.5) is 4.79 Å². The summed E-state index contributed by atoms with van der Waals surface area (Å²) in [5, 5.41) is 2.87. The van der Waals surface area contributed by atoms with Gasteiger partial charge in [0.2, 0.25) is 0 Å². The predicted octanol–water partition coefficient (Wildman–Crippen LogP) is 2.65. The van der Waals surface area contributed by atoms with E-state index in [1.165, 1.54) is 0 Å². The minimum absolute atomic E-state index is 0.238. The molecule has 1 saturated heterocycles. The molecule has 3 amide bonds. The number of hydrogen-bond donors (Lipinski definition) is 1. The van der Waals surface area contributed by atoms with E-state index >= 15 is 0 Å². The minimum Gasteiger partial charge on any atom is -0.319 e. The summed E-state index contributed by atoms with van der Waals surface area (Å²) in [6.07, 6.45) is 2.28. The van der Waals surface area contributed by atoms with E-state index in [-0.39, 0.29) is 18.2 Å². The van der Waals surface area contributed by atoms with Gasteiger partial charge in [0.1, 0.15) is 5.54 Å².